The van der Waals surface area contributed by atoms with E-state index in [2.05, 4.69) is 38.0 Å². The fraction of sp³-hybridized carbons (Fsp3) is 0.625. The average Bonchev–Trinajstić information content (AvgIpc) is 2.77. The maximum Gasteiger partial charge on any atom is 0.254 e. The average molecular weight is 275 g/mol. The Morgan fingerprint density at radius 3 is 2.60 bits per heavy atom. The number of rotatable bonds is 3. The Morgan fingerprint density at radius 2 is 2.10 bits per heavy atom. The number of nitrogens with one attached hydrogen (secondary N) is 1. The SMILES string of the molecule is CNc1cc(C(=O)N2CCC(C)(C)C2)cc(C(C)C)n1. The summed E-state index contributed by atoms with van der Waals surface area (Å²) in [4.78, 5) is 19.1. The second-order valence-electron chi connectivity index (χ2n) is 6.71. The molecule has 1 N–H and O–H groups in total. The number of amides is 1. The molecule has 4 nitrogen and oxygen atoms in total. The summed E-state index contributed by atoms with van der Waals surface area (Å²) >= 11 is 0. The van der Waals surface area contributed by atoms with Gasteiger partial charge in [-0.05, 0) is 29.9 Å². The van der Waals surface area contributed by atoms with Gasteiger partial charge < -0.3 is 10.2 Å². The molecule has 0 radical (unpaired) electrons. The van der Waals surface area contributed by atoms with Gasteiger partial charge >= 0.3 is 0 Å². The van der Waals surface area contributed by atoms with Gasteiger partial charge in [0.15, 0.2) is 0 Å². The Hall–Kier alpha value is -1.58. The van der Waals surface area contributed by atoms with E-state index in [0.29, 0.717) is 5.92 Å². The van der Waals surface area contributed by atoms with E-state index in [4.69, 9.17) is 0 Å². The normalized spacial score (nSPS) is 17.6. The lowest BCUT2D eigenvalue weighted by atomic mass is 9.93. The van der Waals surface area contributed by atoms with Crippen molar-refractivity contribution in [3.63, 3.8) is 0 Å². The zero-order chi connectivity index (χ0) is 14.9. The number of nitrogens with zero attached hydrogens (tertiary/aromatic N) is 2. The maximum atomic E-state index is 12.6. The fourth-order valence-corrected chi connectivity index (χ4v) is 2.57. The van der Waals surface area contributed by atoms with E-state index in [1.54, 1.807) is 0 Å². The molecule has 1 fully saturated rings. The molecule has 0 atom stereocenters. The van der Waals surface area contributed by atoms with Crippen LogP contribution in [-0.4, -0.2) is 35.9 Å². The Bertz CT molecular complexity index is 508. The van der Waals surface area contributed by atoms with Crippen LogP contribution in [-0.2, 0) is 0 Å². The van der Waals surface area contributed by atoms with Crippen molar-refractivity contribution in [3.8, 4) is 0 Å². The van der Waals surface area contributed by atoms with Crippen LogP contribution in [0.3, 0.4) is 0 Å². The third-order valence-corrected chi connectivity index (χ3v) is 3.90. The summed E-state index contributed by atoms with van der Waals surface area (Å²) in [6.07, 6.45) is 1.07. The lowest BCUT2D eigenvalue weighted by molar-refractivity contribution is 0.0778. The molecule has 1 aromatic rings. The van der Waals surface area contributed by atoms with E-state index < -0.39 is 0 Å². The molecule has 0 spiro atoms. The number of carbonyl (C=O) groups excluding carboxylic acids is 1. The highest BCUT2D eigenvalue weighted by Crippen LogP contribution is 2.30. The van der Waals surface area contributed by atoms with Crippen LogP contribution in [0.4, 0.5) is 5.82 Å². The van der Waals surface area contributed by atoms with Gasteiger partial charge in [-0.1, -0.05) is 27.7 Å². The first-order chi connectivity index (χ1) is 9.32. The van der Waals surface area contributed by atoms with Crippen molar-refractivity contribution >= 4 is 11.7 Å². The summed E-state index contributed by atoms with van der Waals surface area (Å²) in [6.45, 7) is 10.3. The van der Waals surface area contributed by atoms with Crippen molar-refractivity contribution in [1.82, 2.24) is 9.88 Å². The van der Waals surface area contributed by atoms with Crippen LogP contribution in [0, 0.1) is 5.41 Å². The van der Waals surface area contributed by atoms with Gasteiger partial charge in [-0.15, -0.1) is 0 Å². The molecular formula is C16H25N3O. The lowest BCUT2D eigenvalue weighted by Crippen LogP contribution is -2.30. The van der Waals surface area contributed by atoms with E-state index in [0.717, 1.165) is 36.6 Å². The van der Waals surface area contributed by atoms with E-state index >= 15 is 0 Å². The topological polar surface area (TPSA) is 45.2 Å². The van der Waals surface area contributed by atoms with Gasteiger partial charge in [0, 0.05) is 31.4 Å². The first-order valence-electron chi connectivity index (χ1n) is 7.31. The van der Waals surface area contributed by atoms with Gasteiger partial charge in [-0.25, -0.2) is 4.98 Å². The standard InChI is InChI=1S/C16H25N3O/c1-11(2)13-8-12(9-14(17-5)18-13)15(20)19-7-6-16(3,4)10-19/h8-9,11H,6-7,10H2,1-5H3,(H,17,18). The highest BCUT2D eigenvalue weighted by atomic mass is 16.2. The molecule has 0 bridgehead atoms. The fourth-order valence-electron chi connectivity index (χ4n) is 2.57. The molecule has 4 heteroatoms. The number of hydrogen-bond donors (Lipinski definition) is 1. The molecule has 0 aromatic carbocycles. The quantitative estimate of drug-likeness (QED) is 0.922. The monoisotopic (exact) mass is 275 g/mol. The zero-order valence-electron chi connectivity index (χ0n) is 13.2. The molecule has 1 amide bonds. The second-order valence-corrected chi connectivity index (χ2v) is 6.71. The first kappa shape index (κ1) is 14.8. The molecule has 1 aliphatic heterocycles. The van der Waals surface area contributed by atoms with Crippen LogP contribution in [0.5, 0.6) is 0 Å². The molecule has 20 heavy (non-hydrogen) atoms. The van der Waals surface area contributed by atoms with Gasteiger partial charge in [0.1, 0.15) is 5.82 Å². The van der Waals surface area contributed by atoms with Crippen molar-refractivity contribution in [2.75, 3.05) is 25.5 Å². The zero-order valence-corrected chi connectivity index (χ0v) is 13.2. The summed E-state index contributed by atoms with van der Waals surface area (Å²) in [5.41, 5.74) is 1.93. The Kier molecular flexibility index (Phi) is 4.02. The van der Waals surface area contributed by atoms with Crippen LogP contribution in [0.25, 0.3) is 0 Å². The minimum absolute atomic E-state index is 0.122. The van der Waals surface area contributed by atoms with Crippen molar-refractivity contribution in [2.45, 2.75) is 40.0 Å². The lowest BCUT2D eigenvalue weighted by Gasteiger charge is -2.20. The van der Waals surface area contributed by atoms with Crippen molar-refractivity contribution in [3.05, 3.63) is 23.4 Å². The van der Waals surface area contributed by atoms with E-state index in [9.17, 15) is 4.79 Å². The van der Waals surface area contributed by atoms with Crippen LogP contribution < -0.4 is 5.32 Å². The van der Waals surface area contributed by atoms with Gasteiger partial charge in [0.05, 0.1) is 0 Å². The highest BCUT2D eigenvalue weighted by molar-refractivity contribution is 5.95. The van der Waals surface area contributed by atoms with Crippen molar-refractivity contribution < 1.29 is 4.79 Å². The Labute approximate surface area is 121 Å². The van der Waals surface area contributed by atoms with Crippen LogP contribution in [0.1, 0.15) is 56.1 Å². The predicted octanol–water partition coefficient (Wildman–Crippen LogP) is 3.12. The highest BCUT2D eigenvalue weighted by Gasteiger charge is 2.32. The number of anilines is 1. The van der Waals surface area contributed by atoms with E-state index in [1.807, 2.05) is 24.1 Å². The maximum absolute atomic E-state index is 12.6. The van der Waals surface area contributed by atoms with Gasteiger partial charge in [0.25, 0.3) is 5.91 Å². The number of carbonyl (C=O) groups is 1. The molecule has 2 rings (SSSR count). The third kappa shape index (κ3) is 3.11. The van der Waals surface area contributed by atoms with Crippen LogP contribution >= 0.6 is 0 Å². The van der Waals surface area contributed by atoms with Gasteiger partial charge in [0.2, 0.25) is 0 Å². The molecule has 0 saturated carbocycles. The van der Waals surface area contributed by atoms with Crippen molar-refractivity contribution in [2.24, 2.45) is 5.41 Å². The van der Waals surface area contributed by atoms with Gasteiger partial charge in [-0.3, -0.25) is 4.79 Å². The number of aromatic nitrogens is 1. The largest absolute Gasteiger partial charge is 0.373 e. The molecule has 0 aliphatic carbocycles. The molecule has 1 aromatic heterocycles. The summed E-state index contributed by atoms with van der Waals surface area (Å²) in [7, 11) is 1.83. The molecular weight excluding hydrogens is 250 g/mol. The number of pyridine rings is 1. The molecule has 0 unspecified atom stereocenters. The molecule has 1 saturated heterocycles. The van der Waals surface area contributed by atoms with Crippen molar-refractivity contribution in [1.29, 1.82) is 0 Å². The van der Waals surface area contributed by atoms with Crippen LogP contribution in [0.15, 0.2) is 12.1 Å². The third-order valence-electron chi connectivity index (χ3n) is 3.90. The minimum atomic E-state index is 0.122. The smallest absolute Gasteiger partial charge is 0.254 e. The second kappa shape index (κ2) is 5.43. The number of hydrogen-bond acceptors (Lipinski definition) is 3. The Morgan fingerprint density at radius 1 is 1.40 bits per heavy atom. The summed E-state index contributed by atoms with van der Waals surface area (Å²) in [6, 6.07) is 3.78. The summed E-state index contributed by atoms with van der Waals surface area (Å²) in [5.74, 6) is 1.19. The summed E-state index contributed by atoms with van der Waals surface area (Å²) in [5, 5.41) is 3.04. The van der Waals surface area contributed by atoms with E-state index in [1.165, 1.54) is 0 Å². The molecule has 110 valence electrons. The Balaban J connectivity index is 2.28. The van der Waals surface area contributed by atoms with Crippen LogP contribution in [0.2, 0.25) is 0 Å². The molecule has 2 heterocycles. The first-order valence-corrected chi connectivity index (χ1v) is 7.31. The number of likely N-dealkylation sites (tertiary alicyclic amines) is 1. The predicted molar refractivity (Wildman–Crippen MR) is 82.2 cm³/mol. The minimum Gasteiger partial charge on any atom is -0.373 e. The van der Waals surface area contributed by atoms with E-state index in [-0.39, 0.29) is 11.3 Å². The molecule has 1 aliphatic rings. The summed E-state index contributed by atoms with van der Waals surface area (Å²) < 4.78 is 0. The van der Waals surface area contributed by atoms with Gasteiger partial charge in [-0.2, -0.15) is 0 Å².